The highest BCUT2D eigenvalue weighted by Crippen LogP contribution is 1.95. The molecule has 0 heterocycles. The summed E-state index contributed by atoms with van der Waals surface area (Å²) in [6.07, 6.45) is 2.46. The van der Waals surface area contributed by atoms with Crippen LogP contribution >= 0.6 is 0 Å². The average molecular weight is 195 g/mol. The molecule has 0 aromatic heterocycles. The van der Waals surface area contributed by atoms with Crippen molar-refractivity contribution in [1.29, 1.82) is 0 Å². The van der Waals surface area contributed by atoms with Gasteiger partial charge in [-0.25, -0.2) is 0 Å². The second kappa shape index (κ2) is 6.13. The van der Waals surface area contributed by atoms with Crippen molar-refractivity contribution >= 4 is 11.7 Å². The molecule has 0 bridgehead atoms. The molecule has 0 aromatic rings. The van der Waals surface area contributed by atoms with Gasteiger partial charge in [-0.05, 0) is 25.0 Å². The molecule has 0 atom stereocenters. The number of hydrogen-bond donors (Lipinski definition) is 1. The molecule has 0 saturated heterocycles. The fraction of sp³-hybridized carbons (Fsp3) is 0.455. The molecule has 0 aliphatic carbocycles. The van der Waals surface area contributed by atoms with Crippen molar-refractivity contribution in [2.24, 2.45) is 5.92 Å². The van der Waals surface area contributed by atoms with Crippen LogP contribution in [0.5, 0.6) is 0 Å². The van der Waals surface area contributed by atoms with E-state index in [1.54, 1.807) is 6.92 Å². The summed E-state index contributed by atoms with van der Waals surface area (Å²) in [5.74, 6) is -0.0436. The highest BCUT2D eigenvalue weighted by atomic mass is 16.2. The molecule has 3 heteroatoms. The fourth-order valence-corrected chi connectivity index (χ4v) is 0.774. The van der Waals surface area contributed by atoms with Gasteiger partial charge in [0.2, 0.25) is 5.91 Å². The molecule has 0 spiro atoms. The number of ketones is 1. The van der Waals surface area contributed by atoms with Crippen LogP contribution in [0.3, 0.4) is 0 Å². The Labute approximate surface area is 84.9 Å². The Morgan fingerprint density at radius 1 is 1.43 bits per heavy atom. The number of carbonyl (C=O) groups excluding carboxylic acids is 2. The summed E-state index contributed by atoms with van der Waals surface area (Å²) in [7, 11) is 0. The van der Waals surface area contributed by atoms with E-state index >= 15 is 0 Å². The lowest BCUT2D eigenvalue weighted by Gasteiger charge is -2.06. The van der Waals surface area contributed by atoms with Crippen molar-refractivity contribution < 1.29 is 9.59 Å². The number of rotatable bonds is 5. The van der Waals surface area contributed by atoms with Gasteiger partial charge in [-0.15, -0.1) is 0 Å². The molecule has 14 heavy (non-hydrogen) atoms. The number of hydrogen-bond acceptors (Lipinski definition) is 2. The first-order valence-electron chi connectivity index (χ1n) is 4.60. The van der Waals surface area contributed by atoms with Crippen molar-refractivity contribution in [3.63, 3.8) is 0 Å². The van der Waals surface area contributed by atoms with Gasteiger partial charge in [0.05, 0.1) is 0 Å². The predicted molar refractivity (Wildman–Crippen MR) is 56.8 cm³/mol. The van der Waals surface area contributed by atoms with Gasteiger partial charge >= 0.3 is 0 Å². The third-order valence-corrected chi connectivity index (χ3v) is 1.59. The third-order valence-electron chi connectivity index (χ3n) is 1.59. The fourth-order valence-electron chi connectivity index (χ4n) is 0.774. The lowest BCUT2D eigenvalue weighted by atomic mass is 10.2. The summed E-state index contributed by atoms with van der Waals surface area (Å²) in [5.41, 5.74) is 0.413. The van der Waals surface area contributed by atoms with E-state index in [0.29, 0.717) is 18.0 Å². The zero-order valence-corrected chi connectivity index (χ0v) is 8.96. The minimum atomic E-state index is -0.248. The van der Waals surface area contributed by atoms with E-state index in [4.69, 9.17) is 0 Å². The lowest BCUT2D eigenvalue weighted by molar-refractivity contribution is -0.118. The van der Waals surface area contributed by atoms with Crippen LogP contribution in [0, 0.1) is 5.92 Å². The molecule has 0 saturated carbocycles. The maximum absolute atomic E-state index is 11.3. The van der Waals surface area contributed by atoms with Gasteiger partial charge in [0.1, 0.15) is 0 Å². The zero-order valence-electron chi connectivity index (χ0n) is 8.96. The van der Waals surface area contributed by atoms with E-state index in [9.17, 15) is 9.59 Å². The van der Waals surface area contributed by atoms with Gasteiger partial charge in [-0.1, -0.05) is 20.4 Å². The van der Waals surface area contributed by atoms with Gasteiger partial charge in [-0.3, -0.25) is 9.59 Å². The van der Waals surface area contributed by atoms with Crippen molar-refractivity contribution in [2.45, 2.75) is 20.8 Å². The molecule has 0 rings (SSSR count). The molecule has 0 radical (unpaired) electrons. The quantitative estimate of drug-likeness (QED) is 0.675. The highest BCUT2D eigenvalue weighted by Gasteiger charge is 2.05. The van der Waals surface area contributed by atoms with Crippen molar-refractivity contribution in [1.82, 2.24) is 5.32 Å². The van der Waals surface area contributed by atoms with Crippen LogP contribution in [-0.2, 0) is 9.59 Å². The summed E-state index contributed by atoms with van der Waals surface area (Å²) in [5, 5.41) is 2.72. The monoisotopic (exact) mass is 195 g/mol. The zero-order chi connectivity index (χ0) is 11.1. The summed E-state index contributed by atoms with van der Waals surface area (Å²) >= 11 is 0. The predicted octanol–water partition coefficient (Wildman–Crippen LogP) is 1.46. The third kappa shape index (κ3) is 5.30. The maximum Gasteiger partial charge on any atom is 0.247 e. The lowest BCUT2D eigenvalue weighted by Crippen LogP contribution is -2.28. The molecule has 78 valence electrons. The maximum atomic E-state index is 11.3. The largest absolute Gasteiger partial charge is 0.352 e. The van der Waals surface area contributed by atoms with E-state index in [1.807, 2.05) is 13.8 Å². The van der Waals surface area contributed by atoms with Gasteiger partial charge in [0.25, 0.3) is 0 Å². The van der Waals surface area contributed by atoms with Crippen molar-refractivity contribution in [3.8, 4) is 0 Å². The average Bonchev–Trinajstić information content (AvgIpc) is 2.13. The second-order valence-electron chi connectivity index (χ2n) is 3.54. The van der Waals surface area contributed by atoms with Gasteiger partial charge in [0, 0.05) is 12.1 Å². The highest BCUT2D eigenvalue weighted by molar-refractivity contribution is 6.05. The number of nitrogens with one attached hydrogen (secondary N) is 1. The molecule has 0 fully saturated rings. The Hall–Kier alpha value is -1.38. The molecule has 0 aliphatic heterocycles. The van der Waals surface area contributed by atoms with Gasteiger partial charge in [0.15, 0.2) is 5.78 Å². The Bertz CT molecular complexity index is 264. The minimum Gasteiger partial charge on any atom is -0.352 e. The van der Waals surface area contributed by atoms with Crippen LogP contribution in [0.2, 0.25) is 0 Å². The number of allylic oxidation sites excluding steroid dienone is 2. The Balaban J connectivity index is 4.18. The van der Waals surface area contributed by atoms with Crippen LogP contribution in [0.15, 0.2) is 24.3 Å². The van der Waals surface area contributed by atoms with Crippen LogP contribution < -0.4 is 5.32 Å². The van der Waals surface area contributed by atoms with Crippen LogP contribution in [0.1, 0.15) is 20.8 Å². The Morgan fingerprint density at radius 2 is 2.00 bits per heavy atom. The molecular formula is C11H17NO2. The summed E-state index contributed by atoms with van der Waals surface area (Å²) in [4.78, 5) is 22.2. The molecule has 1 amide bonds. The first-order chi connectivity index (χ1) is 6.47. The van der Waals surface area contributed by atoms with Crippen LogP contribution in [0.25, 0.3) is 0 Å². The number of carbonyl (C=O) groups is 2. The first-order valence-corrected chi connectivity index (χ1v) is 4.60. The topological polar surface area (TPSA) is 46.2 Å². The van der Waals surface area contributed by atoms with E-state index in [2.05, 4.69) is 11.9 Å². The molecule has 0 unspecified atom stereocenters. The van der Waals surface area contributed by atoms with E-state index in [1.165, 1.54) is 12.2 Å². The molecule has 3 nitrogen and oxygen atoms in total. The Kier molecular flexibility index (Phi) is 5.53. The van der Waals surface area contributed by atoms with E-state index in [-0.39, 0.29) is 11.7 Å². The van der Waals surface area contributed by atoms with Crippen LogP contribution in [0.4, 0.5) is 0 Å². The molecule has 0 aromatic carbocycles. The minimum absolute atomic E-state index is 0.200. The normalized spacial score (nSPS) is 11.3. The van der Waals surface area contributed by atoms with E-state index < -0.39 is 0 Å². The summed E-state index contributed by atoms with van der Waals surface area (Å²) in [6, 6.07) is 0. The standard InChI is InChI=1S/C11H17NO2/c1-5-10(13)6-9(4)11(14)12-7-8(2)3/h5-6,8H,1,7H2,2-4H3,(H,12,14). The number of amides is 1. The van der Waals surface area contributed by atoms with Gasteiger partial charge < -0.3 is 5.32 Å². The van der Waals surface area contributed by atoms with Crippen molar-refractivity contribution in [2.75, 3.05) is 6.54 Å². The first kappa shape index (κ1) is 12.6. The summed E-state index contributed by atoms with van der Waals surface area (Å²) < 4.78 is 0. The molecule has 1 N–H and O–H groups in total. The Morgan fingerprint density at radius 3 is 2.43 bits per heavy atom. The SMILES string of the molecule is C=CC(=O)C=C(C)C(=O)NCC(C)C. The molecular weight excluding hydrogens is 178 g/mol. The van der Waals surface area contributed by atoms with Crippen LogP contribution in [-0.4, -0.2) is 18.2 Å². The smallest absolute Gasteiger partial charge is 0.247 e. The van der Waals surface area contributed by atoms with Crippen molar-refractivity contribution in [3.05, 3.63) is 24.3 Å². The van der Waals surface area contributed by atoms with Gasteiger partial charge in [-0.2, -0.15) is 0 Å². The second-order valence-corrected chi connectivity index (χ2v) is 3.54. The summed E-state index contributed by atoms with van der Waals surface area (Å²) in [6.45, 7) is 9.56. The van der Waals surface area contributed by atoms with E-state index in [0.717, 1.165) is 0 Å². The molecule has 0 aliphatic rings.